The van der Waals surface area contributed by atoms with Crippen molar-refractivity contribution >= 4 is 16.7 Å². The maximum absolute atomic E-state index is 9.79. The van der Waals surface area contributed by atoms with Crippen molar-refractivity contribution in [3.05, 3.63) is 42.4 Å². The van der Waals surface area contributed by atoms with Gasteiger partial charge in [-0.15, -0.1) is 0 Å². The third-order valence-electron chi connectivity index (χ3n) is 6.62. The van der Waals surface area contributed by atoms with E-state index >= 15 is 0 Å². The number of anilines is 1. The van der Waals surface area contributed by atoms with Crippen molar-refractivity contribution in [1.82, 2.24) is 19.7 Å². The van der Waals surface area contributed by atoms with Gasteiger partial charge < -0.3 is 9.64 Å². The Morgan fingerprint density at radius 1 is 1.23 bits per heavy atom. The van der Waals surface area contributed by atoms with Crippen molar-refractivity contribution in [2.24, 2.45) is 5.41 Å². The maximum Gasteiger partial charge on any atom is 0.159 e. The molecular formula is C23H26N6O. The van der Waals surface area contributed by atoms with Crippen molar-refractivity contribution in [3.8, 4) is 11.9 Å². The summed E-state index contributed by atoms with van der Waals surface area (Å²) >= 11 is 0. The van der Waals surface area contributed by atoms with Gasteiger partial charge in [-0.05, 0) is 31.4 Å². The Hall–Kier alpha value is -2.98. The number of benzene rings is 1. The van der Waals surface area contributed by atoms with Crippen LogP contribution in [-0.2, 0) is 10.2 Å². The maximum atomic E-state index is 9.79. The highest BCUT2D eigenvalue weighted by Gasteiger charge is 2.46. The fourth-order valence-electron chi connectivity index (χ4n) is 4.76. The van der Waals surface area contributed by atoms with E-state index < -0.39 is 5.41 Å². The van der Waals surface area contributed by atoms with E-state index in [1.165, 1.54) is 0 Å². The number of hydrogen-bond donors (Lipinski definition) is 0. The molecule has 1 spiro atoms. The fraction of sp³-hybridized carbons (Fsp3) is 0.478. The summed E-state index contributed by atoms with van der Waals surface area (Å²) in [6.45, 7) is 7.79. The first kappa shape index (κ1) is 19.0. The molecule has 2 aliphatic heterocycles. The molecule has 0 aliphatic carbocycles. The third-order valence-corrected chi connectivity index (χ3v) is 6.62. The molecule has 154 valence electrons. The van der Waals surface area contributed by atoms with Crippen LogP contribution in [0.4, 0.5) is 5.82 Å². The molecule has 2 aliphatic rings. The van der Waals surface area contributed by atoms with Crippen LogP contribution in [0.1, 0.15) is 38.7 Å². The number of nitrogens with zero attached hydrogens (tertiary/aromatic N) is 6. The van der Waals surface area contributed by atoms with Crippen LogP contribution < -0.4 is 4.90 Å². The van der Waals surface area contributed by atoms with Gasteiger partial charge >= 0.3 is 0 Å². The van der Waals surface area contributed by atoms with Crippen LogP contribution in [0.3, 0.4) is 0 Å². The first-order valence-corrected chi connectivity index (χ1v) is 10.6. The molecule has 0 amide bonds. The Balaban J connectivity index is 1.48. The lowest BCUT2D eigenvalue weighted by Crippen LogP contribution is -2.57. The molecule has 7 nitrogen and oxygen atoms in total. The van der Waals surface area contributed by atoms with Gasteiger partial charge in [0.25, 0.3) is 0 Å². The monoisotopic (exact) mass is 402 g/mol. The van der Waals surface area contributed by atoms with E-state index in [0.29, 0.717) is 5.41 Å². The van der Waals surface area contributed by atoms with E-state index in [2.05, 4.69) is 39.0 Å². The molecule has 2 saturated heterocycles. The molecule has 30 heavy (non-hydrogen) atoms. The molecule has 5 rings (SSSR count). The van der Waals surface area contributed by atoms with Crippen molar-refractivity contribution in [1.29, 1.82) is 5.26 Å². The average Bonchev–Trinajstić information content (AvgIpc) is 3.40. The highest BCUT2D eigenvalue weighted by Crippen LogP contribution is 2.40. The van der Waals surface area contributed by atoms with E-state index in [0.717, 1.165) is 73.7 Å². The highest BCUT2D eigenvalue weighted by atomic mass is 16.5. The largest absolute Gasteiger partial charge is 0.381 e. The molecular weight excluding hydrogens is 376 g/mol. The van der Waals surface area contributed by atoms with Gasteiger partial charge in [-0.1, -0.05) is 25.5 Å². The van der Waals surface area contributed by atoms with Crippen LogP contribution in [0.25, 0.3) is 16.7 Å². The number of fused-ring (bicyclic) bond motifs is 1. The molecule has 0 N–H and O–H groups in total. The zero-order valence-electron chi connectivity index (χ0n) is 17.5. The van der Waals surface area contributed by atoms with Gasteiger partial charge in [-0.2, -0.15) is 10.4 Å². The topological polar surface area (TPSA) is 79.9 Å². The van der Waals surface area contributed by atoms with Gasteiger partial charge in [0.1, 0.15) is 12.1 Å². The van der Waals surface area contributed by atoms with Crippen LogP contribution in [0.2, 0.25) is 0 Å². The lowest BCUT2D eigenvalue weighted by Gasteiger charge is -2.47. The summed E-state index contributed by atoms with van der Waals surface area (Å²) in [7, 11) is 0. The Morgan fingerprint density at radius 3 is 2.80 bits per heavy atom. The summed E-state index contributed by atoms with van der Waals surface area (Å²) < 4.78 is 7.44. The van der Waals surface area contributed by atoms with Crippen LogP contribution in [-0.4, -0.2) is 46.1 Å². The summed E-state index contributed by atoms with van der Waals surface area (Å²) in [6, 6.07) is 10.7. The quantitative estimate of drug-likeness (QED) is 0.648. The Kier molecular flexibility index (Phi) is 4.48. The number of rotatable bonds is 5. The summed E-state index contributed by atoms with van der Waals surface area (Å²) in [5.41, 5.74) is 1.77. The molecule has 0 saturated carbocycles. The standard InChI is InChI=1S/C23H26N6O/c1-3-6-22(2,12-24)18-5-4-17-11-27-29(19(17)9-18)21-10-20(25-16-26-21)28-13-23(14-28)7-8-30-15-23/h4-5,9-11,16H,3,6-8,13-15H2,1-2H3. The van der Waals surface area contributed by atoms with Crippen LogP contribution in [0, 0.1) is 16.7 Å². The van der Waals surface area contributed by atoms with E-state index in [1.54, 1.807) is 6.33 Å². The van der Waals surface area contributed by atoms with Crippen molar-refractivity contribution in [2.45, 2.75) is 38.5 Å². The molecule has 1 atom stereocenters. The van der Waals surface area contributed by atoms with Gasteiger partial charge in [-0.3, -0.25) is 0 Å². The van der Waals surface area contributed by atoms with Crippen LogP contribution >= 0.6 is 0 Å². The van der Waals surface area contributed by atoms with Gasteiger partial charge in [0.15, 0.2) is 5.82 Å². The Morgan fingerprint density at radius 2 is 2.07 bits per heavy atom. The summed E-state index contributed by atoms with van der Waals surface area (Å²) in [4.78, 5) is 11.3. The third kappa shape index (κ3) is 3.03. The number of nitriles is 1. The van der Waals surface area contributed by atoms with E-state index in [1.807, 2.05) is 36.0 Å². The first-order valence-electron chi connectivity index (χ1n) is 10.6. The normalized spacial score (nSPS) is 19.6. The molecule has 3 aromatic rings. The molecule has 4 heterocycles. The number of ether oxygens (including phenoxy) is 1. The van der Waals surface area contributed by atoms with E-state index in [9.17, 15) is 5.26 Å². The Bertz CT molecular complexity index is 1120. The zero-order valence-corrected chi connectivity index (χ0v) is 17.5. The predicted molar refractivity (Wildman–Crippen MR) is 115 cm³/mol. The van der Waals surface area contributed by atoms with Gasteiger partial charge in [0.2, 0.25) is 0 Å². The highest BCUT2D eigenvalue weighted by molar-refractivity contribution is 5.81. The van der Waals surface area contributed by atoms with Gasteiger partial charge in [0.05, 0.1) is 29.8 Å². The molecule has 7 heteroatoms. The van der Waals surface area contributed by atoms with E-state index in [4.69, 9.17) is 4.74 Å². The van der Waals surface area contributed by atoms with Crippen molar-refractivity contribution in [3.63, 3.8) is 0 Å². The molecule has 2 fully saturated rings. The number of hydrogen-bond acceptors (Lipinski definition) is 6. The zero-order chi connectivity index (χ0) is 20.8. The second kappa shape index (κ2) is 7.06. The van der Waals surface area contributed by atoms with Crippen molar-refractivity contribution < 1.29 is 4.74 Å². The number of aromatic nitrogens is 4. The molecule has 0 radical (unpaired) electrons. The summed E-state index contributed by atoms with van der Waals surface area (Å²) in [6.07, 6.45) is 6.36. The minimum Gasteiger partial charge on any atom is -0.381 e. The molecule has 0 bridgehead atoms. The van der Waals surface area contributed by atoms with Crippen LogP contribution in [0.5, 0.6) is 0 Å². The summed E-state index contributed by atoms with van der Waals surface area (Å²) in [5, 5.41) is 15.4. The lowest BCUT2D eigenvalue weighted by atomic mass is 9.79. The second-order valence-electron chi connectivity index (χ2n) is 8.92. The first-order chi connectivity index (χ1) is 14.6. The van der Waals surface area contributed by atoms with Gasteiger partial charge in [-0.25, -0.2) is 14.6 Å². The van der Waals surface area contributed by atoms with E-state index in [-0.39, 0.29) is 0 Å². The molecule has 1 unspecified atom stereocenters. The average molecular weight is 403 g/mol. The second-order valence-corrected chi connectivity index (χ2v) is 8.92. The SMILES string of the molecule is CCCC(C)(C#N)c1ccc2cnn(-c3cc(N4CC5(CCOC5)C4)ncn3)c2c1. The lowest BCUT2D eigenvalue weighted by molar-refractivity contribution is 0.131. The minimum atomic E-state index is -0.510. The summed E-state index contributed by atoms with van der Waals surface area (Å²) in [5.74, 6) is 1.66. The molecule has 1 aromatic carbocycles. The van der Waals surface area contributed by atoms with Crippen molar-refractivity contribution in [2.75, 3.05) is 31.2 Å². The van der Waals surface area contributed by atoms with Gasteiger partial charge in [0, 0.05) is 36.6 Å². The fourth-order valence-corrected chi connectivity index (χ4v) is 4.76. The Labute approximate surface area is 176 Å². The van der Waals surface area contributed by atoms with Crippen LogP contribution in [0.15, 0.2) is 36.8 Å². The predicted octanol–water partition coefficient (Wildman–Crippen LogP) is 3.62. The minimum absolute atomic E-state index is 0.305. The smallest absolute Gasteiger partial charge is 0.159 e. The molecule has 2 aromatic heterocycles.